The standard InChI is InChI=1S/C19H31N9O/c20-8-9-24-28-15-3-1-2-14(10-15)26-19-17(18(22)29)23-11-16(27-19)25-13-6-4-12(21)5-7-13/h3,8-10,12-13,16,24-25,28H,1-2,4-7,11,20-21H2,(H2,22,29)(H,26,27). The highest BCUT2D eigenvalue weighted by Crippen LogP contribution is 2.18. The Balaban J connectivity index is 1.66. The number of carbonyl (C=O) groups is 1. The molecule has 0 bridgehead atoms. The smallest absolute Gasteiger partial charge is 0.270 e. The van der Waals surface area contributed by atoms with Crippen LogP contribution in [0, 0.1) is 0 Å². The number of rotatable bonds is 7. The Labute approximate surface area is 170 Å². The maximum Gasteiger partial charge on any atom is 0.270 e. The van der Waals surface area contributed by atoms with Gasteiger partial charge >= 0.3 is 0 Å². The van der Waals surface area contributed by atoms with E-state index in [2.05, 4.69) is 32.6 Å². The second-order valence-electron chi connectivity index (χ2n) is 7.45. The SMILES string of the molecule is NC=CNNC1=CCCC(NC2=NC(NC3CCC(N)CC3)CN=C2C(N)=O)=C1. The van der Waals surface area contributed by atoms with Gasteiger partial charge in [0.2, 0.25) is 0 Å². The van der Waals surface area contributed by atoms with Gasteiger partial charge in [0.25, 0.3) is 5.91 Å². The van der Waals surface area contributed by atoms with E-state index in [0.29, 0.717) is 24.5 Å². The van der Waals surface area contributed by atoms with E-state index in [9.17, 15) is 4.79 Å². The molecule has 1 fully saturated rings. The molecule has 1 heterocycles. The molecule has 1 unspecified atom stereocenters. The predicted octanol–water partition coefficient (Wildman–Crippen LogP) is -0.814. The van der Waals surface area contributed by atoms with E-state index >= 15 is 0 Å². The molecule has 29 heavy (non-hydrogen) atoms. The lowest BCUT2D eigenvalue weighted by molar-refractivity contribution is -0.111. The van der Waals surface area contributed by atoms with Crippen molar-refractivity contribution in [2.45, 2.75) is 56.8 Å². The number of primary amides is 1. The minimum absolute atomic E-state index is 0.183. The van der Waals surface area contributed by atoms with Gasteiger partial charge in [-0.05, 0) is 44.6 Å². The predicted molar refractivity (Wildman–Crippen MR) is 114 cm³/mol. The summed E-state index contributed by atoms with van der Waals surface area (Å²) in [6, 6.07) is 0.660. The summed E-state index contributed by atoms with van der Waals surface area (Å²) in [5.41, 5.74) is 24.7. The molecule has 3 rings (SSSR count). The molecule has 1 aliphatic heterocycles. The zero-order chi connectivity index (χ0) is 20.6. The highest BCUT2D eigenvalue weighted by Gasteiger charge is 2.26. The third-order valence-corrected chi connectivity index (χ3v) is 5.15. The first-order valence-electron chi connectivity index (χ1n) is 10.0. The van der Waals surface area contributed by atoms with Crippen molar-refractivity contribution < 1.29 is 4.79 Å². The number of nitrogens with two attached hydrogens (primary N) is 3. The fourth-order valence-corrected chi connectivity index (χ4v) is 3.66. The van der Waals surface area contributed by atoms with Crippen molar-refractivity contribution in [2.75, 3.05) is 6.54 Å². The Morgan fingerprint density at radius 2 is 2.03 bits per heavy atom. The van der Waals surface area contributed by atoms with Crippen LogP contribution in [0.3, 0.4) is 0 Å². The lowest BCUT2D eigenvalue weighted by Gasteiger charge is -2.30. The average Bonchev–Trinajstić information content (AvgIpc) is 2.70. The number of amidine groups is 1. The highest BCUT2D eigenvalue weighted by atomic mass is 16.1. The van der Waals surface area contributed by atoms with E-state index in [1.54, 1.807) is 6.20 Å². The summed E-state index contributed by atoms with van der Waals surface area (Å²) in [5, 5.41) is 6.79. The molecule has 3 aliphatic rings. The first kappa shape index (κ1) is 20.9. The number of nitrogens with zero attached hydrogens (tertiary/aromatic N) is 2. The van der Waals surface area contributed by atoms with Crippen molar-refractivity contribution in [3.8, 4) is 0 Å². The summed E-state index contributed by atoms with van der Waals surface area (Å²) >= 11 is 0. The van der Waals surface area contributed by atoms with Crippen LogP contribution in [0.2, 0.25) is 0 Å². The van der Waals surface area contributed by atoms with Gasteiger partial charge in [-0.2, -0.15) is 0 Å². The molecule has 1 saturated carbocycles. The lowest BCUT2D eigenvalue weighted by atomic mass is 9.91. The normalized spacial score (nSPS) is 27.4. The lowest BCUT2D eigenvalue weighted by Crippen LogP contribution is -2.49. The zero-order valence-electron chi connectivity index (χ0n) is 16.5. The van der Waals surface area contributed by atoms with Crippen molar-refractivity contribution in [3.63, 3.8) is 0 Å². The molecule has 0 aromatic carbocycles. The first-order chi connectivity index (χ1) is 14.0. The molecule has 10 N–H and O–H groups in total. The number of hydrazine groups is 1. The van der Waals surface area contributed by atoms with Crippen LogP contribution < -0.4 is 38.7 Å². The molecule has 10 nitrogen and oxygen atoms in total. The number of carbonyl (C=O) groups excluding carboxylic acids is 1. The van der Waals surface area contributed by atoms with Crippen molar-refractivity contribution in [1.29, 1.82) is 0 Å². The van der Waals surface area contributed by atoms with Crippen molar-refractivity contribution in [1.82, 2.24) is 21.5 Å². The van der Waals surface area contributed by atoms with E-state index in [4.69, 9.17) is 22.2 Å². The summed E-state index contributed by atoms with van der Waals surface area (Å²) in [6.45, 7) is 0.396. The van der Waals surface area contributed by atoms with Gasteiger partial charge in [0, 0.05) is 30.2 Å². The molecule has 158 valence electrons. The van der Waals surface area contributed by atoms with Gasteiger partial charge in [0.15, 0.2) is 11.5 Å². The Kier molecular flexibility index (Phi) is 7.25. The van der Waals surface area contributed by atoms with E-state index in [1.165, 1.54) is 6.20 Å². The molecular formula is C19H31N9O. The Hall–Kier alpha value is -2.85. The van der Waals surface area contributed by atoms with E-state index in [-0.39, 0.29) is 11.9 Å². The van der Waals surface area contributed by atoms with Crippen LogP contribution in [0.4, 0.5) is 0 Å². The minimum atomic E-state index is -0.585. The van der Waals surface area contributed by atoms with Crippen LogP contribution in [0.1, 0.15) is 38.5 Å². The number of amides is 1. The molecule has 2 aliphatic carbocycles. The number of hydrogen-bond donors (Lipinski definition) is 7. The number of allylic oxidation sites excluding steroid dienone is 3. The number of aliphatic imine (C=N–C) groups is 2. The Morgan fingerprint density at radius 1 is 1.24 bits per heavy atom. The number of nitrogens with one attached hydrogen (secondary N) is 4. The van der Waals surface area contributed by atoms with Crippen LogP contribution in [-0.2, 0) is 4.79 Å². The van der Waals surface area contributed by atoms with Crippen molar-refractivity contribution >= 4 is 17.5 Å². The molecule has 0 saturated heterocycles. The molecule has 0 radical (unpaired) electrons. The summed E-state index contributed by atoms with van der Waals surface area (Å²) < 4.78 is 0. The van der Waals surface area contributed by atoms with Crippen molar-refractivity contribution in [2.24, 2.45) is 27.2 Å². The monoisotopic (exact) mass is 401 g/mol. The molecule has 0 aromatic rings. The van der Waals surface area contributed by atoms with E-state index in [0.717, 1.165) is 49.9 Å². The summed E-state index contributed by atoms with van der Waals surface area (Å²) in [7, 11) is 0. The van der Waals surface area contributed by atoms with Crippen LogP contribution in [0.25, 0.3) is 0 Å². The fourth-order valence-electron chi connectivity index (χ4n) is 3.66. The fraction of sp³-hybridized carbons (Fsp3) is 0.526. The van der Waals surface area contributed by atoms with Gasteiger partial charge in [-0.1, -0.05) is 6.08 Å². The molecule has 0 aromatic heterocycles. The quantitative estimate of drug-likeness (QED) is 0.274. The van der Waals surface area contributed by atoms with Crippen LogP contribution in [0.5, 0.6) is 0 Å². The van der Waals surface area contributed by atoms with Crippen LogP contribution in [0.15, 0.2) is 45.9 Å². The summed E-state index contributed by atoms with van der Waals surface area (Å²) in [6.07, 6.45) is 12.5. The Morgan fingerprint density at radius 3 is 2.76 bits per heavy atom. The van der Waals surface area contributed by atoms with Crippen LogP contribution >= 0.6 is 0 Å². The summed E-state index contributed by atoms with van der Waals surface area (Å²) in [4.78, 5) is 20.9. The van der Waals surface area contributed by atoms with Gasteiger partial charge in [0.05, 0.1) is 12.2 Å². The third-order valence-electron chi connectivity index (χ3n) is 5.15. The van der Waals surface area contributed by atoms with Gasteiger partial charge < -0.3 is 33.4 Å². The van der Waals surface area contributed by atoms with Gasteiger partial charge in [-0.25, -0.2) is 4.99 Å². The summed E-state index contributed by atoms with van der Waals surface area (Å²) in [5.74, 6) is -0.172. The minimum Gasteiger partial charge on any atom is -0.403 e. The average molecular weight is 402 g/mol. The van der Waals surface area contributed by atoms with Gasteiger partial charge in [-0.15, -0.1) is 0 Å². The van der Waals surface area contributed by atoms with E-state index in [1.807, 2.05) is 6.08 Å². The van der Waals surface area contributed by atoms with Crippen molar-refractivity contribution in [3.05, 3.63) is 35.9 Å². The molecule has 0 spiro atoms. The maximum atomic E-state index is 11.8. The molecule has 1 atom stereocenters. The largest absolute Gasteiger partial charge is 0.403 e. The second kappa shape index (κ2) is 10.1. The third kappa shape index (κ3) is 6.06. The topological polar surface area (TPSA) is 168 Å². The highest BCUT2D eigenvalue weighted by molar-refractivity contribution is 6.66. The molecule has 10 heteroatoms. The van der Waals surface area contributed by atoms with Gasteiger partial charge in [-0.3, -0.25) is 15.1 Å². The van der Waals surface area contributed by atoms with Gasteiger partial charge in [0.1, 0.15) is 6.17 Å². The first-order valence-corrected chi connectivity index (χ1v) is 10.0. The molecule has 1 amide bonds. The van der Waals surface area contributed by atoms with Crippen LogP contribution in [-0.4, -0.2) is 42.2 Å². The molecular weight excluding hydrogens is 370 g/mol. The van der Waals surface area contributed by atoms with E-state index < -0.39 is 5.91 Å². The number of hydrogen-bond acceptors (Lipinski definition) is 9. The zero-order valence-corrected chi connectivity index (χ0v) is 16.5. The maximum absolute atomic E-state index is 11.8. The second-order valence-corrected chi connectivity index (χ2v) is 7.45. The Bertz CT molecular complexity index is 745.